The van der Waals surface area contributed by atoms with E-state index in [1.165, 1.54) is 0 Å². The maximum absolute atomic E-state index is 13.9. The molecule has 3 aromatic rings. The Morgan fingerprint density at radius 3 is 2.50 bits per heavy atom. The molecule has 1 saturated carbocycles. The van der Waals surface area contributed by atoms with Crippen molar-refractivity contribution in [3.8, 4) is 0 Å². The zero-order valence-electron chi connectivity index (χ0n) is 22.2. The molecule has 1 aliphatic carbocycles. The highest BCUT2D eigenvalue weighted by atomic mass is 32.1. The lowest BCUT2D eigenvalue weighted by molar-refractivity contribution is -0.144. The van der Waals surface area contributed by atoms with E-state index in [0.717, 1.165) is 11.5 Å². The number of rotatable bonds is 9. The third-order valence-corrected chi connectivity index (χ3v) is 7.86. The molecule has 0 saturated heterocycles. The van der Waals surface area contributed by atoms with Gasteiger partial charge in [-0.25, -0.2) is 13.8 Å². The Kier molecular flexibility index (Phi) is 8.76. The van der Waals surface area contributed by atoms with Gasteiger partial charge in [-0.3, -0.25) is 9.59 Å². The molecule has 0 radical (unpaired) electrons. The van der Waals surface area contributed by atoms with Gasteiger partial charge >= 0.3 is 6.18 Å². The van der Waals surface area contributed by atoms with E-state index in [-0.39, 0.29) is 37.5 Å². The number of benzene rings is 1. The van der Waals surface area contributed by atoms with Crippen molar-refractivity contribution in [1.29, 1.82) is 0 Å². The fourth-order valence-corrected chi connectivity index (χ4v) is 5.58. The lowest BCUT2D eigenvalue weighted by atomic mass is 9.81. The van der Waals surface area contributed by atoms with Crippen LogP contribution >= 0.6 is 11.5 Å². The number of hydrogen-bond acceptors (Lipinski definition) is 6. The Morgan fingerprint density at radius 1 is 1.15 bits per heavy atom. The van der Waals surface area contributed by atoms with Crippen LogP contribution in [-0.2, 0) is 4.79 Å². The molecule has 40 heavy (non-hydrogen) atoms. The number of imidazole rings is 1. The van der Waals surface area contributed by atoms with E-state index < -0.39 is 48.8 Å². The number of carbonyl (C=O) groups is 2. The molecule has 1 aromatic carbocycles. The average molecular weight is 587 g/mol. The molecule has 8 nitrogen and oxygen atoms in total. The van der Waals surface area contributed by atoms with Crippen molar-refractivity contribution in [2.24, 2.45) is 5.92 Å². The van der Waals surface area contributed by atoms with Crippen LogP contribution in [0.15, 0.2) is 18.2 Å². The average Bonchev–Trinajstić information content (AvgIpc) is 3.53. The molecule has 1 aliphatic rings. The largest absolute Gasteiger partial charge is 0.389 e. The van der Waals surface area contributed by atoms with Crippen LogP contribution < -0.4 is 10.6 Å². The lowest BCUT2D eigenvalue weighted by Gasteiger charge is -2.33. The SMILES string of the molecule is CC(C)c1nnsc1C(=O)N[C@H](c1nc2ccc([C@@H](C)NC(=O)CCC(F)(F)F)cc2[nH]1)C1CCC(F)(F)CC1. The quantitative estimate of drug-likeness (QED) is 0.253. The van der Waals surface area contributed by atoms with E-state index in [2.05, 4.69) is 30.2 Å². The monoisotopic (exact) mass is 586 g/mol. The van der Waals surface area contributed by atoms with Crippen molar-refractivity contribution in [3.63, 3.8) is 0 Å². The zero-order chi connectivity index (χ0) is 29.2. The van der Waals surface area contributed by atoms with Crippen LogP contribution in [-0.4, -0.2) is 43.5 Å². The number of aromatic amines is 1. The summed E-state index contributed by atoms with van der Waals surface area (Å²) in [5, 5.41) is 9.60. The van der Waals surface area contributed by atoms with Gasteiger partial charge in [0.25, 0.3) is 5.91 Å². The van der Waals surface area contributed by atoms with E-state index in [0.29, 0.717) is 33.0 Å². The third kappa shape index (κ3) is 7.32. The van der Waals surface area contributed by atoms with Crippen molar-refractivity contribution < 1.29 is 31.5 Å². The van der Waals surface area contributed by atoms with Gasteiger partial charge in [0.1, 0.15) is 10.7 Å². The molecule has 3 N–H and O–H groups in total. The van der Waals surface area contributed by atoms with Crippen LogP contribution in [0.5, 0.6) is 0 Å². The van der Waals surface area contributed by atoms with Crippen molar-refractivity contribution in [2.45, 2.75) is 89.4 Å². The number of nitrogens with one attached hydrogen (secondary N) is 3. The van der Waals surface area contributed by atoms with Crippen molar-refractivity contribution in [3.05, 3.63) is 40.2 Å². The second kappa shape index (κ2) is 11.8. The summed E-state index contributed by atoms with van der Waals surface area (Å²) in [6, 6.07) is 3.87. The van der Waals surface area contributed by atoms with Gasteiger partial charge in [-0.15, -0.1) is 5.10 Å². The van der Waals surface area contributed by atoms with Gasteiger partial charge in [-0.1, -0.05) is 24.4 Å². The molecule has 2 heterocycles. The topological polar surface area (TPSA) is 113 Å². The number of carbonyl (C=O) groups excluding carboxylic acids is 2. The van der Waals surface area contributed by atoms with Crippen molar-refractivity contribution in [2.75, 3.05) is 0 Å². The summed E-state index contributed by atoms with van der Waals surface area (Å²) in [5.74, 6) is -3.80. The van der Waals surface area contributed by atoms with Crippen LogP contribution in [0, 0.1) is 5.92 Å². The summed E-state index contributed by atoms with van der Waals surface area (Å²) in [7, 11) is 0. The zero-order valence-corrected chi connectivity index (χ0v) is 23.1. The maximum Gasteiger partial charge on any atom is 0.389 e. The van der Waals surface area contributed by atoms with Crippen LogP contribution in [0.2, 0.25) is 0 Å². The molecular formula is C26H31F5N6O2S. The molecule has 0 aliphatic heterocycles. The maximum atomic E-state index is 13.9. The Morgan fingerprint density at radius 2 is 1.85 bits per heavy atom. The Balaban J connectivity index is 1.57. The van der Waals surface area contributed by atoms with Crippen LogP contribution in [0.1, 0.15) is 104 Å². The van der Waals surface area contributed by atoms with Gasteiger partial charge in [-0.05, 0) is 60.8 Å². The standard InChI is InChI=1S/C26H31F5N6O2S/c1-13(2)20-22(40-37-36-20)24(39)35-21(15-6-9-25(27,28)10-7-15)23-33-17-5-4-16(12-18(17)34-23)14(3)32-19(38)8-11-26(29,30)31/h4-5,12-15,21H,6-11H2,1-3H3,(H,32,38)(H,33,34)(H,35,39)/t14-,21+/m1/s1. The first-order valence-corrected chi connectivity index (χ1v) is 13.9. The number of hydrogen-bond donors (Lipinski definition) is 3. The van der Waals surface area contributed by atoms with Gasteiger partial charge in [-0.2, -0.15) is 13.2 Å². The first-order chi connectivity index (χ1) is 18.7. The number of halogens is 5. The molecule has 2 atom stereocenters. The number of aromatic nitrogens is 4. The fourth-order valence-electron chi connectivity index (χ4n) is 4.86. The first kappa shape index (κ1) is 29.8. The van der Waals surface area contributed by atoms with E-state index in [1.807, 2.05) is 13.8 Å². The smallest absolute Gasteiger partial charge is 0.350 e. The Bertz CT molecular complexity index is 1340. The molecule has 0 unspecified atom stereocenters. The second-order valence-corrected chi connectivity index (χ2v) is 11.3. The van der Waals surface area contributed by atoms with E-state index in [9.17, 15) is 31.5 Å². The highest BCUT2D eigenvalue weighted by Gasteiger charge is 2.40. The predicted octanol–water partition coefficient (Wildman–Crippen LogP) is 6.35. The molecule has 0 bridgehead atoms. The van der Waals surface area contributed by atoms with Crippen LogP contribution in [0.25, 0.3) is 11.0 Å². The molecule has 218 valence electrons. The van der Waals surface area contributed by atoms with Gasteiger partial charge in [0.15, 0.2) is 0 Å². The van der Waals surface area contributed by atoms with Gasteiger partial charge in [0, 0.05) is 19.3 Å². The summed E-state index contributed by atoms with van der Waals surface area (Å²) in [4.78, 5) is 33.5. The summed E-state index contributed by atoms with van der Waals surface area (Å²) in [5.41, 5.74) is 2.32. The molecule has 1 fully saturated rings. The number of fused-ring (bicyclic) bond motifs is 1. The highest BCUT2D eigenvalue weighted by molar-refractivity contribution is 7.08. The highest BCUT2D eigenvalue weighted by Crippen LogP contribution is 2.41. The third-order valence-electron chi connectivity index (χ3n) is 7.12. The molecule has 14 heteroatoms. The first-order valence-electron chi connectivity index (χ1n) is 13.1. The fraction of sp³-hybridized carbons (Fsp3) is 0.577. The summed E-state index contributed by atoms with van der Waals surface area (Å²) in [6.45, 7) is 5.44. The number of amides is 2. The van der Waals surface area contributed by atoms with Gasteiger partial charge < -0.3 is 15.6 Å². The number of H-pyrrole nitrogens is 1. The molecule has 4 rings (SSSR count). The molecule has 2 amide bonds. The lowest BCUT2D eigenvalue weighted by Crippen LogP contribution is -2.37. The minimum Gasteiger partial charge on any atom is -0.350 e. The van der Waals surface area contributed by atoms with Crippen LogP contribution in [0.4, 0.5) is 22.0 Å². The second-order valence-electron chi connectivity index (χ2n) is 10.6. The number of nitrogens with zero attached hydrogens (tertiary/aromatic N) is 3. The summed E-state index contributed by atoms with van der Waals surface area (Å²) < 4.78 is 69.1. The van der Waals surface area contributed by atoms with Crippen LogP contribution in [0.3, 0.4) is 0 Å². The van der Waals surface area contributed by atoms with E-state index in [4.69, 9.17) is 0 Å². The Hall–Kier alpha value is -3.16. The number of alkyl halides is 5. The van der Waals surface area contributed by atoms with E-state index in [1.54, 1.807) is 25.1 Å². The van der Waals surface area contributed by atoms with Crippen molar-refractivity contribution in [1.82, 2.24) is 30.2 Å². The van der Waals surface area contributed by atoms with Gasteiger partial charge in [0.05, 0.1) is 35.2 Å². The normalized spacial score (nSPS) is 17.6. The molecular weight excluding hydrogens is 555 g/mol. The molecule has 0 spiro atoms. The minimum atomic E-state index is -4.42. The Labute approximate surface area is 231 Å². The minimum absolute atomic E-state index is 0.0353. The van der Waals surface area contributed by atoms with E-state index >= 15 is 0 Å². The summed E-state index contributed by atoms with van der Waals surface area (Å²) >= 11 is 0.969. The predicted molar refractivity (Wildman–Crippen MR) is 139 cm³/mol. The summed E-state index contributed by atoms with van der Waals surface area (Å²) in [6.07, 6.45) is -6.49. The van der Waals surface area contributed by atoms with Crippen molar-refractivity contribution >= 4 is 34.4 Å². The van der Waals surface area contributed by atoms with Gasteiger partial charge in [0.2, 0.25) is 11.8 Å². The molecule has 2 aromatic heterocycles.